The number of carbonyl (C=O) groups excluding carboxylic acids is 1. The summed E-state index contributed by atoms with van der Waals surface area (Å²) in [5.74, 6) is 1.43. The van der Waals surface area contributed by atoms with Crippen molar-refractivity contribution in [2.75, 3.05) is 26.2 Å². The lowest BCUT2D eigenvalue weighted by molar-refractivity contribution is -0.138. The SMILES string of the molecule is CCCC1CCCN(C(=O)C2CCCNC2)C1. The van der Waals surface area contributed by atoms with Crippen molar-refractivity contribution in [3.05, 3.63) is 0 Å². The van der Waals surface area contributed by atoms with Gasteiger partial charge in [-0.05, 0) is 44.6 Å². The molecule has 2 aliphatic heterocycles. The molecule has 2 aliphatic rings. The van der Waals surface area contributed by atoms with Gasteiger partial charge in [-0.15, -0.1) is 0 Å². The first-order valence-corrected chi connectivity index (χ1v) is 7.30. The standard InChI is InChI=1S/C14H26N2O/c1-2-5-12-6-4-9-16(11-12)14(17)13-7-3-8-15-10-13/h12-13,15H,2-11H2,1H3. The predicted octanol–water partition coefficient (Wildman–Crippen LogP) is 2.02. The van der Waals surface area contributed by atoms with Crippen LogP contribution >= 0.6 is 0 Å². The van der Waals surface area contributed by atoms with Gasteiger partial charge in [-0.1, -0.05) is 13.3 Å². The van der Waals surface area contributed by atoms with Gasteiger partial charge >= 0.3 is 0 Å². The quantitative estimate of drug-likeness (QED) is 0.816. The molecule has 17 heavy (non-hydrogen) atoms. The number of amides is 1. The van der Waals surface area contributed by atoms with Crippen LogP contribution in [0, 0.1) is 11.8 Å². The van der Waals surface area contributed by atoms with Gasteiger partial charge in [-0.2, -0.15) is 0 Å². The van der Waals surface area contributed by atoms with Gasteiger partial charge in [0.2, 0.25) is 5.91 Å². The Kier molecular flexibility index (Phi) is 4.84. The smallest absolute Gasteiger partial charge is 0.226 e. The highest BCUT2D eigenvalue weighted by atomic mass is 16.2. The predicted molar refractivity (Wildman–Crippen MR) is 69.8 cm³/mol. The van der Waals surface area contributed by atoms with Crippen LogP contribution in [-0.2, 0) is 4.79 Å². The Balaban J connectivity index is 1.85. The highest BCUT2D eigenvalue weighted by Gasteiger charge is 2.29. The first-order valence-electron chi connectivity index (χ1n) is 7.30. The number of nitrogens with zero attached hydrogens (tertiary/aromatic N) is 1. The number of piperidine rings is 2. The molecular formula is C14H26N2O. The van der Waals surface area contributed by atoms with E-state index in [-0.39, 0.29) is 5.92 Å². The van der Waals surface area contributed by atoms with Crippen molar-refractivity contribution in [3.8, 4) is 0 Å². The van der Waals surface area contributed by atoms with E-state index in [1.54, 1.807) is 0 Å². The van der Waals surface area contributed by atoms with Crippen molar-refractivity contribution in [1.29, 1.82) is 0 Å². The third-order valence-electron chi connectivity index (χ3n) is 4.17. The number of likely N-dealkylation sites (tertiary alicyclic amines) is 1. The van der Waals surface area contributed by atoms with Crippen molar-refractivity contribution in [3.63, 3.8) is 0 Å². The van der Waals surface area contributed by atoms with Crippen molar-refractivity contribution >= 4 is 5.91 Å². The lowest BCUT2D eigenvalue weighted by Crippen LogP contribution is -2.46. The second-order valence-electron chi connectivity index (χ2n) is 5.62. The molecule has 0 spiro atoms. The van der Waals surface area contributed by atoms with E-state index in [1.165, 1.54) is 25.7 Å². The van der Waals surface area contributed by atoms with E-state index >= 15 is 0 Å². The molecule has 0 aliphatic carbocycles. The summed E-state index contributed by atoms with van der Waals surface area (Å²) in [6.07, 6.45) is 7.30. The fourth-order valence-corrected chi connectivity index (χ4v) is 3.23. The molecule has 0 radical (unpaired) electrons. The van der Waals surface area contributed by atoms with Crippen LogP contribution in [0.5, 0.6) is 0 Å². The van der Waals surface area contributed by atoms with Crippen molar-refractivity contribution in [1.82, 2.24) is 10.2 Å². The van der Waals surface area contributed by atoms with Gasteiger partial charge in [0.1, 0.15) is 0 Å². The molecular weight excluding hydrogens is 212 g/mol. The highest BCUT2D eigenvalue weighted by Crippen LogP contribution is 2.23. The highest BCUT2D eigenvalue weighted by molar-refractivity contribution is 5.79. The summed E-state index contributed by atoms with van der Waals surface area (Å²) < 4.78 is 0. The number of carbonyl (C=O) groups is 1. The van der Waals surface area contributed by atoms with E-state index in [9.17, 15) is 4.79 Å². The van der Waals surface area contributed by atoms with E-state index in [4.69, 9.17) is 0 Å². The van der Waals surface area contributed by atoms with E-state index in [0.29, 0.717) is 5.91 Å². The van der Waals surface area contributed by atoms with Gasteiger partial charge < -0.3 is 10.2 Å². The molecule has 0 aromatic heterocycles. The van der Waals surface area contributed by atoms with Gasteiger partial charge in [0.25, 0.3) is 0 Å². The van der Waals surface area contributed by atoms with Crippen LogP contribution in [0.3, 0.4) is 0 Å². The van der Waals surface area contributed by atoms with Crippen LogP contribution in [0.4, 0.5) is 0 Å². The van der Waals surface area contributed by atoms with Gasteiger partial charge in [-0.25, -0.2) is 0 Å². The first-order chi connectivity index (χ1) is 8.31. The Hall–Kier alpha value is -0.570. The Labute approximate surface area is 105 Å². The maximum atomic E-state index is 12.4. The minimum Gasteiger partial charge on any atom is -0.342 e. The normalized spacial score (nSPS) is 30.3. The molecule has 2 atom stereocenters. The van der Waals surface area contributed by atoms with Crippen LogP contribution in [0.25, 0.3) is 0 Å². The van der Waals surface area contributed by atoms with Crippen molar-refractivity contribution in [2.24, 2.45) is 11.8 Å². The third-order valence-corrected chi connectivity index (χ3v) is 4.17. The van der Waals surface area contributed by atoms with E-state index in [1.807, 2.05) is 0 Å². The summed E-state index contributed by atoms with van der Waals surface area (Å²) in [5, 5.41) is 3.34. The van der Waals surface area contributed by atoms with Crippen LogP contribution in [0.1, 0.15) is 45.4 Å². The molecule has 0 aromatic carbocycles. The molecule has 98 valence electrons. The maximum Gasteiger partial charge on any atom is 0.226 e. The molecule has 0 bridgehead atoms. The molecule has 3 heteroatoms. The van der Waals surface area contributed by atoms with Gasteiger partial charge in [0, 0.05) is 19.6 Å². The number of rotatable bonds is 3. The number of hydrogen-bond acceptors (Lipinski definition) is 2. The summed E-state index contributed by atoms with van der Waals surface area (Å²) in [4.78, 5) is 14.5. The molecule has 2 saturated heterocycles. The zero-order valence-electron chi connectivity index (χ0n) is 11.1. The first kappa shape index (κ1) is 12.9. The summed E-state index contributed by atoms with van der Waals surface area (Å²) in [5.41, 5.74) is 0. The van der Waals surface area contributed by atoms with Crippen molar-refractivity contribution < 1.29 is 4.79 Å². The molecule has 2 rings (SSSR count). The second-order valence-corrected chi connectivity index (χ2v) is 5.62. The Morgan fingerprint density at radius 3 is 2.94 bits per heavy atom. The van der Waals surface area contributed by atoms with Crippen LogP contribution in [0.15, 0.2) is 0 Å². The second kappa shape index (κ2) is 6.39. The fraction of sp³-hybridized carbons (Fsp3) is 0.929. The van der Waals surface area contributed by atoms with Crippen LogP contribution in [0.2, 0.25) is 0 Å². The number of nitrogens with one attached hydrogen (secondary N) is 1. The molecule has 2 heterocycles. The van der Waals surface area contributed by atoms with E-state index < -0.39 is 0 Å². The fourth-order valence-electron chi connectivity index (χ4n) is 3.23. The Morgan fingerprint density at radius 2 is 2.24 bits per heavy atom. The van der Waals surface area contributed by atoms with E-state index in [2.05, 4.69) is 17.1 Å². The molecule has 0 aromatic rings. The van der Waals surface area contributed by atoms with Gasteiger partial charge in [-0.3, -0.25) is 4.79 Å². The zero-order valence-corrected chi connectivity index (χ0v) is 11.1. The van der Waals surface area contributed by atoms with Gasteiger partial charge in [0.15, 0.2) is 0 Å². The Bertz CT molecular complexity index is 247. The minimum atomic E-state index is 0.254. The topological polar surface area (TPSA) is 32.3 Å². The average molecular weight is 238 g/mol. The third kappa shape index (κ3) is 3.44. The van der Waals surface area contributed by atoms with Gasteiger partial charge in [0.05, 0.1) is 5.92 Å². The molecule has 2 fully saturated rings. The Morgan fingerprint density at radius 1 is 1.35 bits per heavy atom. The lowest BCUT2D eigenvalue weighted by atomic mass is 9.91. The lowest BCUT2D eigenvalue weighted by Gasteiger charge is -2.36. The van der Waals surface area contributed by atoms with Crippen LogP contribution < -0.4 is 5.32 Å². The summed E-state index contributed by atoms with van der Waals surface area (Å²) in [6, 6.07) is 0. The molecule has 2 unspecified atom stereocenters. The summed E-state index contributed by atoms with van der Waals surface area (Å²) in [7, 11) is 0. The van der Waals surface area contributed by atoms with Crippen LogP contribution in [-0.4, -0.2) is 37.0 Å². The summed E-state index contributed by atoms with van der Waals surface area (Å²) in [6.45, 7) is 6.24. The summed E-state index contributed by atoms with van der Waals surface area (Å²) >= 11 is 0. The largest absolute Gasteiger partial charge is 0.342 e. The number of hydrogen-bond donors (Lipinski definition) is 1. The van der Waals surface area contributed by atoms with Crippen molar-refractivity contribution in [2.45, 2.75) is 45.4 Å². The molecule has 1 amide bonds. The van der Waals surface area contributed by atoms with E-state index in [0.717, 1.165) is 44.9 Å². The molecule has 3 nitrogen and oxygen atoms in total. The molecule has 0 saturated carbocycles. The minimum absolute atomic E-state index is 0.254. The monoisotopic (exact) mass is 238 g/mol. The maximum absolute atomic E-state index is 12.4. The zero-order chi connectivity index (χ0) is 12.1. The average Bonchev–Trinajstić information content (AvgIpc) is 2.40. The molecule has 1 N–H and O–H groups in total.